The minimum atomic E-state index is -2.74. The third-order valence-corrected chi connectivity index (χ3v) is 5.98. The van der Waals surface area contributed by atoms with E-state index >= 15 is 0 Å². The summed E-state index contributed by atoms with van der Waals surface area (Å²) in [6, 6.07) is 3.39. The molecule has 0 spiro atoms. The van der Waals surface area contributed by atoms with Gasteiger partial charge in [0.05, 0.1) is 17.8 Å². The van der Waals surface area contributed by atoms with Crippen molar-refractivity contribution in [2.75, 3.05) is 23.4 Å². The van der Waals surface area contributed by atoms with E-state index in [2.05, 4.69) is 10.3 Å². The summed E-state index contributed by atoms with van der Waals surface area (Å²) in [6.07, 6.45) is -1.74. The summed E-state index contributed by atoms with van der Waals surface area (Å²) >= 11 is 0. The van der Waals surface area contributed by atoms with Crippen molar-refractivity contribution in [3.63, 3.8) is 0 Å². The van der Waals surface area contributed by atoms with Crippen molar-refractivity contribution >= 4 is 23.5 Å². The Morgan fingerprint density at radius 1 is 1.31 bits per heavy atom. The van der Waals surface area contributed by atoms with Gasteiger partial charge in [-0.3, -0.25) is 4.79 Å². The van der Waals surface area contributed by atoms with Crippen molar-refractivity contribution < 1.29 is 27.8 Å². The number of hydrogen-bond donors (Lipinski definition) is 2. The van der Waals surface area contributed by atoms with E-state index in [0.717, 1.165) is 23.4 Å². The molecule has 2 aromatic rings. The second-order valence-electron chi connectivity index (χ2n) is 8.25. The van der Waals surface area contributed by atoms with Crippen LogP contribution < -0.4 is 20.7 Å². The normalized spacial score (nSPS) is 20.8. The summed E-state index contributed by atoms with van der Waals surface area (Å²) in [5.74, 6) is 1.00. The summed E-state index contributed by atoms with van der Waals surface area (Å²) in [5.41, 5.74) is 7.42. The zero-order valence-corrected chi connectivity index (χ0v) is 17.4. The first-order valence-electron chi connectivity index (χ1n) is 10.5. The Balaban J connectivity index is 1.59. The molecule has 170 valence electrons. The van der Waals surface area contributed by atoms with E-state index in [1.54, 1.807) is 25.1 Å². The largest absolute Gasteiger partial charge is 0.491 e. The van der Waals surface area contributed by atoms with Gasteiger partial charge in [-0.2, -0.15) is 0 Å². The van der Waals surface area contributed by atoms with Crippen LogP contribution in [0.25, 0.3) is 11.4 Å². The number of carbonyl (C=O) groups is 2. The van der Waals surface area contributed by atoms with Crippen molar-refractivity contribution in [2.24, 2.45) is 5.73 Å². The van der Waals surface area contributed by atoms with Crippen molar-refractivity contribution in [1.82, 2.24) is 9.55 Å². The van der Waals surface area contributed by atoms with Gasteiger partial charge in [0.1, 0.15) is 36.9 Å². The van der Waals surface area contributed by atoms with Gasteiger partial charge in [-0.1, -0.05) is 0 Å². The maximum Gasteiger partial charge on any atom is 0.416 e. The molecule has 3 N–H and O–H groups in total. The van der Waals surface area contributed by atoms with E-state index < -0.39 is 30.5 Å². The molecule has 1 aliphatic carbocycles. The van der Waals surface area contributed by atoms with Crippen molar-refractivity contribution in [2.45, 2.75) is 50.7 Å². The van der Waals surface area contributed by atoms with E-state index in [1.807, 2.05) is 4.57 Å². The fraction of sp³-hybridized carbons (Fsp3) is 0.476. The molecule has 1 aromatic heterocycles. The number of rotatable bonds is 6. The van der Waals surface area contributed by atoms with Crippen LogP contribution in [0.4, 0.5) is 25.1 Å². The van der Waals surface area contributed by atoms with Gasteiger partial charge in [-0.05, 0) is 31.9 Å². The standard InChI is InChI=1S/C21H23F2N5O4/c1-10(18(24)29)25-12-4-5-13-15(8-12)31-7-6-27-16(11-2-3-11)20(26-19(13)27)28-14(17(22)23)9-32-21(28)30/h4-5,8,10-11,14,17,25H,2-3,6-7,9H2,1H3,(H2,24,29)/t10?,14-/m0/s1. The number of nitrogens with zero attached hydrogens (tertiary/aromatic N) is 3. The van der Waals surface area contributed by atoms with Crippen molar-refractivity contribution in [3.05, 3.63) is 23.9 Å². The average molecular weight is 447 g/mol. The summed E-state index contributed by atoms with van der Waals surface area (Å²) in [5, 5.41) is 3.01. The molecule has 1 aromatic carbocycles. The zero-order chi connectivity index (χ0) is 22.6. The summed E-state index contributed by atoms with van der Waals surface area (Å²) < 4.78 is 40.1. The van der Waals surface area contributed by atoms with Gasteiger partial charge in [0.25, 0.3) is 6.43 Å². The second kappa shape index (κ2) is 7.64. The zero-order valence-electron chi connectivity index (χ0n) is 17.4. The predicted octanol–water partition coefficient (Wildman–Crippen LogP) is 2.70. The molecule has 2 amide bonds. The highest BCUT2D eigenvalue weighted by Gasteiger charge is 2.45. The molecule has 0 bridgehead atoms. The van der Waals surface area contributed by atoms with Gasteiger partial charge in [0.2, 0.25) is 5.91 Å². The minimum Gasteiger partial charge on any atom is -0.491 e. The Kier molecular flexibility index (Phi) is 4.90. The molecule has 1 unspecified atom stereocenters. The number of hydrogen-bond acceptors (Lipinski definition) is 6. The number of nitrogens with one attached hydrogen (secondary N) is 1. The van der Waals surface area contributed by atoms with Gasteiger partial charge in [-0.15, -0.1) is 0 Å². The SMILES string of the molecule is CC(Nc1ccc2c(c1)OCCn1c-2nc(N2C(=O)OC[C@H]2C(F)F)c1C1CC1)C(N)=O. The lowest BCUT2D eigenvalue weighted by Gasteiger charge is -2.20. The van der Waals surface area contributed by atoms with E-state index in [1.165, 1.54) is 0 Å². The van der Waals surface area contributed by atoms with Crippen LogP contribution >= 0.6 is 0 Å². The number of benzene rings is 1. The number of primary amides is 1. The van der Waals surface area contributed by atoms with Gasteiger partial charge < -0.3 is 25.1 Å². The number of cyclic esters (lactones) is 1. The third-order valence-electron chi connectivity index (χ3n) is 5.98. The fourth-order valence-corrected chi connectivity index (χ4v) is 4.17. The van der Waals surface area contributed by atoms with Crippen LogP contribution in [0.1, 0.15) is 31.4 Å². The summed E-state index contributed by atoms with van der Waals surface area (Å²) in [6.45, 7) is 2.10. The molecule has 11 heteroatoms. The van der Waals surface area contributed by atoms with Crippen molar-refractivity contribution in [1.29, 1.82) is 0 Å². The van der Waals surface area contributed by atoms with Gasteiger partial charge >= 0.3 is 6.09 Å². The third kappa shape index (κ3) is 3.41. The quantitative estimate of drug-likeness (QED) is 0.704. The maximum absolute atomic E-state index is 13.6. The number of halogens is 2. The fourth-order valence-electron chi connectivity index (χ4n) is 4.17. The van der Waals surface area contributed by atoms with Crippen LogP contribution in [0.3, 0.4) is 0 Å². The second-order valence-corrected chi connectivity index (χ2v) is 8.25. The number of anilines is 2. The van der Waals surface area contributed by atoms with Gasteiger partial charge in [0, 0.05) is 17.7 Å². The Bertz CT molecular complexity index is 1080. The highest BCUT2D eigenvalue weighted by atomic mass is 19.3. The minimum absolute atomic E-state index is 0.150. The summed E-state index contributed by atoms with van der Waals surface area (Å²) in [4.78, 5) is 29.4. The lowest BCUT2D eigenvalue weighted by Crippen LogP contribution is -2.39. The molecule has 3 aliphatic rings. The van der Waals surface area contributed by atoms with Gasteiger partial charge in [-0.25, -0.2) is 23.5 Å². The Labute approximate surface area is 182 Å². The molecule has 2 atom stereocenters. The van der Waals surface area contributed by atoms with Crippen LogP contribution in [0, 0.1) is 0 Å². The monoisotopic (exact) mass is 447 g/mol. The molecule has 32 heavy (non-hydrogen) atoms. The van der Waals surface area contributed by atoms with Gasteiger partial charge in [0.15, 0.2) is 5.82 Å². The van der Waals surface area contributed by atoms with Crippen molar-refractivity contribution in [3.8, 4) is 17.1 Å². The number of alkyl halides is 2. The lowest BCUT2D eigenvalue weighted by molar-refractivity contribution is -0.118. The predicted molar refractivity (Wildman–Crippen MR) is 111 cm³/mol. The topological polar surface area (TPSA) is 112 Å². The molecule has 1 saturated heterocycles. The van der Waals surface area contributed by atoms with Crippen LogP contribution in [-0.2, 0) is 16.1 Å². The Hall–Kier alpha value is -3.37. The molecule has 1 saturated carbocycles. The number of aromatic nitrogens is 2. The first-order chi connectivity index (χ1) is 15.3. The molecule has 9 nitrogen and oxygen atoms in total. The number of imidazole rings is 1. The summed E-state index contributed by atoms with van der Waals surface area (Å²) in [7, 11) is 0. The molecular formula is C21H23F2N5O4. The molecule has 5 rings (SSSR count). The molecule has 2 aliphatic heterocycles. The number of carbonyl (C=O) groups excluding carboxylic acids is 2. The molecule has 0 radical (unpaired) electrons. The highest BCUT2D eigenvalue weighted by molar-refractivity contribution is 5.91. The molecular weight excluding hydrogens is 424 g/mol. The molecule has 2 fully saturated rings. The number of nitrogens with two attached hydrogens (primary N) is 1. The van der Waals surface area contributed by atoms with E-state index in [4.69, 9.17) is 15.2 Å². The van der Waals surface area contributed by atoms with Crippen LogP contribution in [0.5, 0.6) is 5.75 Å². The first kappa shape index (κ1) is 20.5. The van der Waals surface area contributed by atoms with E-state index in [-0.39, 0.29) is 18.3 Å². The molecule has 3 heterocycles. The number of amides is 2. The van der Waals surface area contributed by atoms with Crippen LogP contribution in [-0.4, -0.2) is 53.3 Å². The number of fused-ring (bicyclic) bond motifs is 3. The highest BCUT2D eigenvalue weighted by Crippen LogP contribution is 2.48. The lowest BCUT2D eigenvalue weighted by atomic mass is 10.1. The Morgan fingerprint density at radius 2 is 2.09 bits per heavy atom. The number of ether oxygens (including phenoxy) is 2. The van der Waals surface area contributed by atoms with Crippen LogP contribution in [0.2, 0.25) is 0 Å². The first-order valence-corrected chi connectivity index (χ1v) is 10.5. The van der Waals surface area contributed by atoms with E-state index in [9.17, 15) is 18.4 Å². The van der Waals surface area contributed by atoms with Crippen LogP contribution in [0.15, 0.2) is 18.2 Å². The maximum atomic E-state index is 13.6. The Morgan fingerprint density at radius 3 is 2.78 bits per heavy atom. The average Bonchev–Trinajstić information content (AvgIpc) is 3.45. The smallest absolute Gasteiger partial charge is 0.416 e. The van der Waals surface area contributed by atoms with E-state index in [0.29, 0.717) is 36.0 Å².